The molecule has 0 heterocycles. The van der Waals surface area contributed by atoms with Crippen LogP contribution in [0, 0.1) is 0 Å². The smallest absolute Gasteiger partial charge is 0.0742 e. The van der Waals surface area contributed by atoms with Gasteiger partial charge in [-0.15, -0.1) is 0 Å². The van der Waals surface area contributed by atoms with E-state index >= 15 is 0 Å². The first-order valence-electron chi connectivity index (χ1n) is 5.05. The lowest BCUT2D eigenvalue weighted by molar-refractivity contribution is 0.182. The Morgan fingerprint density at radius 3 is 2.64 bits per heavy atom. The highest BCUT2D eigenvalue weighted by atomic mass is 32.1. The van der Waals surface area contributed by atoms with E-state index in [1.807, 2.05) is 0 Å². The molecule has 14 heavy (non-hydrogen) atoms. The van der Waals surface area contributed by atoms with Crippen molar-refractivity contribution in [2.24, 2.45) is 5.73 Å². The van der Waals surface area contributed by atoms with Crippen LogP contribution >= 0.6 is 12.2 Å². The SMILES string of the molecule is COCCCCN(C)C(C)CC(N)=S. The number of unbranched alkanes of at least 4 members (excludes halogenated alkanes) is 1. The first-order valence-corrected chi connectivity index (χ1v) is 5.46. The highest BCUT2D eigenvalue weighted by molar-refractivity contribution is 7.80. The Labute approximate surface area is 92.6 Å². The summed E-state index contributed by atoms with van der Waals surface area (Å²) in [7, 11) is 3.84. The van der Waals surface area contributed by atoms with Gasteiger partial charge in [0.25, 0.3) is 0 Å². The molecule has 1 unspecified atom stereocenters. The Kier molecular flexibility index (Phi) is 8.04. The standard InChI is InChI=1S/C10H22N2OS/c1-9(8-10(11)14)12(2)6-4-5-7-13-3/h9H,4-8H2,1-3H3,(H2,11,14). The molecule has 0 spiro atoms. The van der Waals surface area contributed by atoms with Crippen molar-refractivity contribution in [3.05, 3.63) is 0 Å². The number of rotatable bonds is 8. The van der Waals surface area contributed by atoms with Gasteiger partial charge in [-0.2, -0.15) is 0 Å². The van der Waals surface area contributed by atoms with E-state index in [1.165, 1.54) is 0 Å². The van der Waals surface area contributed by atoms with Crippen LogP contribution in [0.1, 0.15) is 26.2 Å². The fourth-order valence-electron chi connectivity index (χ4n) is 1.27. The van der Waals surface area contributed by atoms with E-state index in [-0.39, 0.29) is 0 Å². The first-order chi connectivity index (χ1) is 6.57. The maximum Gasteiger partial charge on any atom is 0.0742 e. The van der Waals surface area contributed by atoms with Gasteiger partial charge in [-0.1, -0.05) is 12.2 Å². The van der Waals surface area contributed by atoms with Gasteiger partial charge in [-0.05, 0) is 33.4 Å². The second-order valence-corrected chi connectivity index (χ2v) is 4.22. The van der Waals surface area contributed by atoms with Crippen LogP contribution in [0.5, 0.6) is 0 Å². The topological polar surface area (TPSA) is 38.5 Å². The summed E-state index contributed by atoms with van der Waals surface area (Å²) in [6, 6.07) is 0.440. The molecule has 0 aliphatic rings. The van der Waals surface area contributed by atoms with Crippen LogP contribution in [-0.2, 0) is 4.74 Å². The highest BCUT2D eigenvalue weighted by Gasteiger charge is 2.09. The lowest BCUT2D eigenvalue weighted by Crippen LogP contribution is -2.33. The molecule has 0 amide bonds. The summed E-state index contributed by atoms with van der Waals surface area (Å²) in [5.41, 5.74) is 5.49. The average Bonchev–Trinajstić information content (AvgIpc) is 2.11. The normalized spacial score (nSPS) is 13.1. The van der Waals surface area contributed by atoms with Crippen LogP contribution in [0.2, 0.25) is 0 Å². The molecule has 0 aliphatic heterocycles. The third kappa shape index (κ3) is 7.24. The summed E-state index contributed by atoms with van der Waals surface area (Å²) in [6.45, 7) is 4.07. The molecule has 0 aliphatic carbocycles. The summed E-state index contributed by atoms with van der Waals surface area (Å²) in [4.78, 5) is 2.88. The molecule has 84 valence electrons. The number of nitrogens with zero attached hydrogens (tertiary/aromatic N) is 1. The lowest BCUT2D eigenvalue weighted by Gasteiger charge is -2.24. The minimum absolute atomic E-state index is 0.440. The van der Waals surface area contributed by atoms with Gasteiger partial charge < -0.3 is 15.4 Å². The fraction of sp³-hybridized carbons (Fsp3) is 0.900. The molecule has 0 saturated heterocycles. The molecule has 3 nitrogen and oxygen atoms in total. The van der Waals surface area contributed by atoms with E-state index in [0.717, 1.165) is 32.4 Å². The van der Waals surface area contributed by atoms with Crippen LogP contribution in [0.25, 0.3) is 0 Å². The molecule has 0 fully saturated rings. The van der Waals surface area contributed by atoms with Crippen molar-refractivity contribution in [1.29, 1.82) is 0 Å². The predicted molar refractivity (Wildman–Crippen MR) is 64.6 cm³/mol. The van der Waals surface area contributed by atoms with E-state index < -0.39 is 0 Å². The van der Waals surface area contributed by atoms with E-state index in [4.69, 9.17) is 22.7 Å². The molecule has 0 aromatic heterocycles. The summed E-state index contributed by atoms with van der Waals surface area (Å²) in [5.74, 6) is 0. The van der Waals surface area contributed by atoms with E-state index in [1.54, 1.807) is 7.11 Å². The van der Waals surface area contributed by atoms with Crippen molar-refractivity contribution in [1.82, 2.24) is 4.90 Å². The zero-order valence-corrected chi connectivity index (χ0v) is 10.3. The van der Waals surface area contributed by atoms with Crippen LogP contribution < -0.4 is 5.73 Å². The maximum atomic E-state index is 5.49. The molecular weight excluding hydrogens is 196 g/mol. The van der Waals surface area contributed by atoms with Crippen molar-refractivity contribution in [3.63, 3.8) is 0 Å². The van der Waals surface area contributed by atoms with Crippen molar-refractivity contribution < 1.29 is 4.74 Å². The molecule has 2 N–H and O–H groups in total. The summed E-state index contributed by atoms with van der Waals surface area (Å²) in [5, 5.41) is 0. The van der Waals surface area contributed by atoms with Gasteiger partial charge in [0, 0.05) is 26.2 Å². The lowest BCUT2D eigenvalue weighted by atomic mass is 10.2. The Morgan fingerprint density at radius 1 is 1.50 bits per heavy atom. The number of nitrogens with two attached hydrogens (primary N) is 1. The summed E-state index contributed by atoms with van der Waals surface area (Å²) < 4.78 is 4.99. The summed E-state index contributed by atoms with van der Waals surface area (Å²) >= 11 is 4.88. The molecular formula is C10H22N2OS. The largest absolute Gasteiger partial charge is 0.393 e. The second kappa shape index (κ2) is 8.15. The van der Waals surface area contributed by atoms with Crippen LogP contribution in [-0.4, -0.2) is 43.2 Å². The van der Waals surface area contributed by atoms with Crippen molar-refractivity contribution >= 4 is 17.2 Å². The second-order valence-electron chi connectivity index (χ2n) is 3.70. The number of ether oxygens (including phenoxy) is 1. The number of thiocarbonyl (C=S) groups is 1. The van der Waals surface area contributed by atoms with E-state index in [2.05, 4.69) is 18.9 Å². The molecule has 0 bridgehead atoms. The predicted octanol–water partition coefficient (Wildman–Crippen LogP) is 1.41. The molecule has 4 heteroatoms. The summed E-state index contributed by atoms with van der Waals surface area (Å²) in [6.07, 6.45) is 3.07. The zero-order chi connectivity index (χ0) is 11.0. The maximum absolute atomic E-state index is 5.49. The Balaban J connectivity index is 3.51. The van der Waals surface area contributed by atoms with Gasteiger partial charge in [-0.3, -0.25) is 0 Å². The van der Waals surface area contributed by atoms with Crippen LogP contribution in [0.15, 0.2) is 0 Å². The van der Waals surface area contributed by atoms with Crippen LogP contribution in [0.3, 0.4) is 0 Å². The molecule has 0 radical (unpaired) electrons. The quantitative estimate of drug-likeness (QED) is 0.494. The van der Waals surface area contributed by atoms with Gasteiger partial charge in [0.2, 0.25) is 0 Å². The van der Waals surface area contributed by atoms with Crippen molar-refractivity contribution in [2.75, 3.05) is 27.3 Å². The highest BCUT2D eigenvalue weighted by Crippen LogP contribution is 2.03. The minimum Gasteiger partial charge on any atom is -0.393 e. The Morgan fingerprint density at radius 2 is 2.14 bits per heavy atom. The average molecular weight is 218 g/mol. The molecule has 0 aromatic rings. The van der Waals surface area contributed by atoms with Crippen LogP contribution in [0.4, 0.5) is 0 Å². The zero-order valence-electron chi connectivity index (χ0n) is 9.45. The minimum atomic E-state index is 0.440. The first kappa shape index (κ1) is 13.8. The molecule has 1 atom stereocenters. The van der Waals surface area contributed by atoms with Gasteiger partial charge in [0.05, 0.1) is 4.99 Å². The van der Waals surface area contributed by atoms with Gasteiger partial charge in [0.15, 0.2) is 0 Å². The number of hydrogen-bond acceptors (Lipinski definition) is 3. The number of methoxy groups -OCH3 is 1. The third-order valence-electron chi connectivity index (χ3n) is 2.36. The Hall–Kier alpha value is -0.190. The fourth-order valence-corrected chi connectivity index (χ4v) is 1.52. The molecule has 0 saturated carbocycles. The monoisotopic (exact) mass is 218 g/mol. The Bertz CT molecular complexity index is 164. The third-order valence-corrected chi connectivity index (χ3v) is 2.52. The van der Waals surface area contributed by atoms with Gasteiger partial charge in [-0.25, -0.2) is 0 Å². The van der Waals surface area contributed by atoms with Crippen molar-refractivity contribution in [2.45, 2.75) is 32.2 Å². The van der Waals surface area contributed by atoms with Gasteiger partial charge >= 0.3 is 0 Å². The van der Waals surface area contributed by atoms with E-state index in [9.17, 15) is 0 Å². The molecule has 0 rings (SSSR count). The number of hydrogen-bond donors (Lipinski definition) is 1. The molecule has 0 aromatic carbocycles. The van der Waals surface area contributed by atoms with E-state index in [0.29, 0.717) is 11.0 Å². The van der Waals surface area contributed by atoms with Crippen molar-refractivity contribution in [3.8, 4) is 0 Å². The van der Waals surface area contributed by atoms with Gasteiger partial charge in [0.1, 0.15) is 0 Å².